The fourth-order valence-corrected chi connectivity index (χ4v) is 5.26. The van der Waals surface area contributed by atoms with E-state index >= 15 is 0 Å². The molecule has 176 valence electrons. The average Bonchev–Trinajstić information content (AvgIpc) is 2.55. The second-order valence-corrected chi connectivity index (χ2v) is 21.2. The van der Waals surface area contributed by atoms with Gasteiger partial charge in [-0.1, -0.05) is 64.1 Å². The summed E-state index contributed by atoms with van der Waals surface area (Å²) in [5.74, 6) is -0.386. The van der Waals surface area contributed by atoms with Crippen molar-refractivity contribution in [3.63, 3.8) is 0 Å². The predicted octanol–water partition coefficient (Wildman–Crippen LogP) is 6.63. The topological polar surface area (TPSA) is 61.8 Å². The number of carbonyl (C=O) groups is 2. The van der Waals surface area contributed by atoms with Gasteiger partial charge in [-0.05, 0) is 59.8 Å². The molecule has 8 heteroatoms. The Bertz CT molecular complexity index is 591. The quantitative estimate of drug-likeness (QED) is 0.121. The molecule has 3 atom stereocenters. The highest BCUT2D eigenvalue weighted by atomic mass is 127. The van der Waals surface area contributed by atoms with Crippen molar-refractivity contribution in [3.8, 4) is 0 Å². The van der Waals surface area contributed by atoms with Crippen LogP contribution in [0.2, 0.25) is 36.3 Å². The second-order valence-electron chi connectivity index (χ2n) is 10.9. The third-order valence-corrected chi connectivity index (χ3v) is 15.7. The van der Waals surface area contributed by atoms with E-state index in [1.807, 2.05) is 10.2 Å². The van der Waals surface area contributed by atoms with Crippen molar-refractivity contribution in [1.29, 1.82) is 0 Å². The summed E-state index contributed by atoms with van der Waals surface area (Å²) in [5.41, 5.74) is 0. The number of esters is 1. The van der Waals surface area contributed by atoms with Crippen molar-refractivity contribution < 1.29 is 23.2 Å². The Balaban J connectivity index is 5.78. The highest BCUT2D eigenvalue weighted by Crippen LogP contribution is 2.41. The monoisotopic (exact) mass is 570 g/mol. The minimum absolute atomic E-state index is 0.0351. The van der Waals surface area contributed by atoms with Crippen molar-refractivity contribution in [2.24, 2.45) is 0 Å². The van der Waals surface area contributed by atoms with E-state index in [0.717, 1.165) is 0 Å². The molecule has 0 saturated carbocycles. The van der Waals surface area contributed by atoms with Crippen LogP contribution in [-0.2, 0) is 23.2 Å². The zero-order chi connectivity index (χ0) is 24.0. The Hall–Kier alpha value is -0.0362. The van der Waals surface area contributed by atoms with Crippen molar-refractivity contribution in [3.05, 3.63) is 10.2 Å². The molecule has 0 bridgehead atoms. The molecule has 0 aliphatic carbocycles. The molecular weight excluding hydrogens is 527 g/mol. The Morgan fingerprint density at radius 3 is 1.83 bits per heavy atom. The van der Waals surface area contributed by atoms with Crippen LogP contribution in [0.4, 0.5) is 0 Å². The van der Waals surface area contributed by atoms with E-state index in [9.17, 15) is 9.59 Å². The van der Waals surface area contributed by atoms with E-state index in [4.69, 9.17) is 13.6 Å². The molecule has 0 saturated heterocycles. The molecule has 0 amide bonds. The lowest BCUT2D eigenvalue weighted by molar-refractivity contribution is -0.151. The number of hydrogen-bond acceptors (Lipinski definition) is 5. The number of hydrogen-bond donors (Lipinski definition) is 0. The summed E-state index contributed by atoms with van der Waals surface area (Å²) < 4.78 is 20.6. The standard InChI is InChI=1S/C22H43IO5Si2/c1-17(16-24)26-20(25)13-12-18(27-29(8,9)21(2,3)4)19(14-15-23)28-30(10,11)22(5,6)7/h14-19H,12-13H2,1-11H3/b15-14+/t17-,18+,19-/m1/s1. The van der Waals surface area contributed by atoms with Crippen LogP contribution in [-0.4, -0.2) is 47.2 Å². The highest BCUT2D eigenvalue weighted by Gasteiger charge is 2.44. The second kappa shape index (κ2) is 11.7. The van der Waals surface area contributed by atoms with Gasteiger partial charge in [0.25, 0.3) is 0 Å². The molecule has 0 fully saturated rings. The summed E-state index contributed by atoms with van der Waals surface area (Å²) >= 11 is 2.20. The molecule has 0 unspecified atom stereocenters. The van der Waals surface area contributed by atoms with Crippen LogP contribution in [0, 0.1) is 0 Å². The molecule has 0 heterocycles. The molecule has 5 nitrogen and oxygen atoms in total. The van der Waals surface area contributed by atoms with Gasteiger partial charge < -0.3 is 13.6 Å². The number of halogens is 1. The molecule has 0 N–H and O–H groups in total. The first-order valence-corrected chi connectivity index (χ1v) is 17.7. The lowest BCUT2D eigenvalue weighted by Gasteiger charge is -2.44. The van der Waals surface area contributed by atoms with E-state index < -0.39 is 22.7 Å². The van der Waals surface area contributed by atoms with Crippen molar-refractivity contribution in [1.82, 2.24) is 0 Å². The molecule has 0 aliphatic rings. The maximum absolute atomic E-state index is 12.2. The molecule has 0 aliphatic heterocycles. The van der Waals surface area contributed by atoms with Gasteiger partial charge in [0, 0.05) is 6.42 Å². The van der Waals surface area contributed by atoms with Crippen LogP contribution in [0.25, 0.3) is 0 Å². The lowest BCUT2D eigenvalue weighted by Crippen LogP contribution is -2.51. The molecule has 0 aromatic heterocycles. The predicted molar refractivity (Wildman–Crippen MR) is 138 cm³/mol. The maximum atomic E-state index is 12.2. The summed E-state index contributed by atoms with van der Waals surface area (Å²) in [6.07, 6.45) is 2.10. The zero-order valence-corrected chi connectivity index (χ0v) is 25.0. The van der Waals surface area contributed by atoms with Gasteiger partial charge in [-0.25, -0.2) is 0 Å². The smallest absolute Gasteiger partial charge is 0.306 e. The van der Waals surface area contributed by atoms with Crippen LogP contribution < -0.4 is 0 Å². The molecule has 0 aromatic rings. The Kier molecular flexibility index (Phi) is 11.7. The largest absolute Gasteiger partial charge is 0.455 e. The number of ether oxygens (including phenoxy) is 1. The number of rotatable bonds is 11. The fourth-order valence-electron chi connectivity index (χ4n) is 2.23. The summed E-state index contributed by atoms with van der Waals surface area (Å²) in [4.78, 5) is 23.0. The third kappa shape index (κ3) is 9.62. The Morgan fingerprint density at radius 1 is 0.967 bits per heavy atom. The first-order chi connectivity index (χ1) is 13.4. The fraction of sp³-hybridized carbons (Fsp3) is 0.818. The summed E-state index contributed by atoms with van der Waals surface area (Å²) in [6.45, 7) is 23.7. The molecule has 0 spiro atoms. The molecule has 0 aromatic carbocycles. The van der Waals surface area contributed by atoms with Gasteiger partial charge in [0.1, 0.15) is 0 Å². The number of aldehydes is 1. The summed E-state index contributed by atoms with van der Waals surface area (Å²) in [6, 6.07) is 0. The minimum Gasteiger partial charge on any atom is -0.455 e. The minimum atomic E-state index is -2.10. The van der Waals surface area contributed by atoms with Crippen molar-refractivity contribution in [2.75, 3.05) is 0 Å². The van der Waals surface area contributed by atoms with Gasteiger partial charge >= 0.3 is 5.97 Å². The third-order valence-electron chi connectivity index (χ3n) is 6.26. The maximum Gasteiger partial charge on any atom is 0.306 e. The molecular formula is C22H43IO5Si2. The molecule has 0 rings (SSSR count). The molecule has 30 heavy (non-hydrogen) atoms. The zero-order valence-electron chi connectivity index (χ0n) is 20.8. The lowest BCUT2D eigenvalue weighted by atomic mass is 10.1. The Labute approximate surface area is 200 Å². The molecule has 0 radical (unpaired) electrons. The van der Waals surface area contributed by atoms with Gasteiger partial charge in [0.2, 0.25) is 0 Å². The Morgan fingerprint density at radius 2 is 1.43 bits per heavy atom. The van der Waals surface area contributed by atoms with Crippen molar-refractivity contribution in [2.45, 2.75) is 116 Å². The first kappa shape index (κ1) is 30.0. The van der Waals surface area contributed by atoms with Gasteiger partial charge in [-0.2, -0.15) is 0 Å². The highest BCUT2D eigenvalue weighted by molar-refractivity contribution is 14.1. The van der Waals surface area contributed by atoms with E-state index in [0.29, 0.717) is 12.7 Å². The van der Waals surface area contributed by atoms with E-state index in [-0.39, 0.29) is 34.7 Å². The van der Waals surface area contributed by atoms with E-state index in [2.05, 4.69) is 90.3 Å². The summed E-state index contributed by atoms with van der Waals surface area (Å²) in [7, 11) is -4.16. The first-order valence-electron chi connectivity index (χ1n) is 10.7. The van der Waals surface area contributed by atoms with Gasteiger partial charge in [-0.15, -0.1) is 0 Å². The van der Waals surface area contributed by atoms with Gasteiger partial charge in [0.15, 0.2) is 29.0 Å². The SMILES string of the molecule is C[C@H](C=O)OC(=O)CC[C@H](O[Si](C)(C)C(C)(C)C)[C@@H](/C=C/I)O[Si](C)(C)C(C)(C)C. The van der Waals surface area contributed by atoms with E-state index in [1.165, 1.54) is 0 Å². The van der Waals surface area contributed by atoms with Crippen LogP contribution in [0.1, 0.15) is 61.3 Å². The van der Waals surface area contributed by atoms with Crippen LogP contribution in [0.5, 0.6) is 0 Å². The van der Waals surface area contributed by atoms with E-state index in [1.54, 1.807) is 6.92 Å². The number of carbonyl (C=O) groups excluding carboxylic acids is 2. The van der Waals surface area contributed by atoms with Gasteiger partial charge in [0.05, 0.1) is 12.2 Å². The normalized spacial score (nSPS) is 16.9. The van der Waals surface area contributed by atoms with Crippen molar-refractivity contribution >= 4 is 51.5 Å². The van der Waals surface area contributed by atoms with Crippen LogP contribution in [0.15, 0.2) is 10.2 Å². The average molecular weight is 571 g/mol. The van der Waals surface area contributed by atoms with Crippen LogP contribution >= 0.6 is 22.6 Å². The summed E-state index contributed by atoms with van der Waals surface area (Å²) in [5, 5.41) is 0.0948. The van der Waals surface area contributed by atoms with Crippen LogP contribution in [0.3, 0.4) is 0 Å². The van der Waals surface area contributed by atoms with Gasteiger partial charge in [-0.3, -0.25) is 9.59 Å².